The van der Waals surface area contributed by atoms with E-state index >= 15 is 0 Å². The van der Waals surface area contributed by atoms with Gasteiger partial charge in [-0.2, -0.15) is 5.10 Å². The molecule has 1 amide bonds. The lowest BCUT2D eigenvalue weighted by molar-refractivity contribution is 0.0598. The van der Waals surface area contributed by atoms with Crippen LogP contribution in [0.5, 0.6) is 0 Å². The Hall–Kier alpha value is -3.97. The molecule has 2 aromatic carbocycles. The van der Waals surface area contributed by atoms with Gasteiger partial charge in [-0.15, -0.1) is 0 Å². The van der Waals surface area contributed by atoms with Gasteiger partial charge in [0.2, 0.25) is 0 Å². The zero-order valence-corrected chi connectivity index (χ0v) is 21.1. The van der Waals surface area contributed by atoms with Gasteiger partial charge in [0.1, 0.15) is 11.4 Å². The van der Waals surface area contributed by atoms with E-state index in [1.807, 2.05) is 34.0 Å². The first-order chi connectivity index (χ1) is 18.2. The van der Waals surface area contributed by atoms with Crippen LogP contribution in [-0.4, -0.2) is 56.7 Å². The van der Waals surface area contributed by atoms with E-state index < -0.39 is 0 Å². The highest BCUT2D eigenvalue weighted by molar-refractivity contribution is 5.99. The van der Waals surface area contributed by atoms with E-state index in [-0.39, 0.29) is 24.0 Å². The zero-order valence-electron chi connectivity index (χ0n) is 21.1. The molecule has 2 aliphatic heterocycles. The van der Waals surface area contributed by atoms with Crippen molar-refractivity contribution in [2.75, 3.05) is 31.5 Å². The lowest BCUT2D eigenvalue weighted by atomic mass is 9.96. The molecule has 2 aromatic heterocycles. The summed E-state index contributed by atoms with van der Waals surface area (Å²) >= 11 is 0. The third-order valence-electron chi connectivity index (χ3n) is 7.57. The Labute approximate surface area is 217 Å². The van der Waals surface area contributed by atoms with E-state index in [1.165, 1.54) is 11.1 Å². The Morgan fingerprint density at radius 1 is 0.892 bits per heavy atom. The standard InChI is InChI=1S/C30H32N6O/c1-22-20-27(26-14-8-9-15-31-26)33-29-25(21-32-36(22)29)30(37)35-18-16-34(17-19-35)28(23-10-4-2-5-11-23)24-12-6-3-7-13-24/h2-15,21-22,27-28,33H,16-20H2,1H3. The van der Waals surface area contributed by atoms with Gasteiger partial charge in [0.15, 0.2) is 0 Å². The first kappa shape index (κ1) is 23.4. The smallest absolute Gasteiger partial charge is 0.259 e. The van der Waals surface area contributed by atoms with Crippen molar-refractivity contribution in [3.05, 3.63) is 114 Å². The lowest BCUT2D eigenvalue weighted by Crippen LogP contribution is -2.50. The molecule has 2 aliphatic rings. The molecule has 6 rings (SSSR count). The molecule has 4 heterocycles. The second kappa shape index (κ2) is 10.2. The molecular weight excluding hydrogens is 460 g/mol. The van der Waals surface area contributed by atoms with Crippen molar-refractivity contribution in [1.82, 2.24) is 24.6 Å². The van der Waals surface area contributed by atoms with Crippen LogP contribution in [0.4, 0.5) is 5.82 Å². The number of nitrogens with one attached hydrogen (secondary N) is 1. The fourth-order valence-electron chi connectivity index (χ4n) is 5.68. The van der Waals surface area contributed by atoms with Crippen LogP contribution in [0.2, 0.25) is 0 Å². The monoisotopic (exact) mass is 492 g/mol. The Kier molecular flexibility index (Phi) is 6.45. The predicted octanol–water partition coefficient (Wildman–Crippen LogP) is 4.94. The number of amides is 1. The fraction of sp³-hybridized carbons (Fsp3) is 0.300. The highest BCUT2D eigenvalue weighted by Gasteiger charge is 2.33. The quantitative estimate of drug-likeness (QED) is 0.427. The van der Waals surface area contributed by atoms with Gasteiger partial charge in [-0.1, -0.05) is 66.7 Å². The number of carbonyl (C=O) groups is 1. The van der Waals surface area contributed by atoms with Crippen molar-refractivity contribution >= 4 is 11.7 Å². The fourth-order valence-corrected chi connectivity index (χ4v) is 5.68. The molecule has 1 N–H and O–H groups in total. The van der Waals surface area contributed by atoms with E-state index in [0.29, 0.717) is 18.7 Å². The van der Waals surface area contributed by atoms with Crippen molar-refractivity contribution < 1.29 is 4.79 Å². The summed E-state index contributed by atoms with van der Waals surface area (Å²) in [6.45, 7) is 5.12. The number of benzene rings is 2. The summed E-state index contributed by atoms with van der Waals surface area (Å²) in [4.78, 5) is 22.7. The highest BCUT2D eigenvalue weighted by Crippen LogP contribution is 2.36. The van der Waals surface area contributed by atoms with Crippen LogP contribution in [-0.2, 0) is 0 Å². The molecule has 37 heavy (non-hydrogen) atoms. The number of anilines is 1. The minimum absolute atomic E-state index is 0.0400. The number of fused-ring (bicyclic) bond motifs is 1. The molecular formula is C30H32N6O. The van der Waals surface area contributed by atoms with Crippen LogP contribution in [0.25, 0.3) is 0 Å². The SMILES string of the molecule is CC1CC(c2ccccn2)Nc2c(C(=O)N3CCN(C(c4ccccc4)c4ccccc4)CC3)cnn21. The number of rotatable bonds is 5. The van der Waals surface area contributed by atoms with Crippen LogP contribution >= 0.6 is 0 Å². The van der Waals surface area contributed by atoms with Crippen molar-refractivity contribution in [1.29, 1.82) is 0 Å². The first-order valence-corrected chi connectivity index (χ1v) is 13.1. The van der Waals surface area contributed by atoms with Gasteiger partial charge >= 0.3 is 0 Å². The second-order valence-electron chi connectivity index (χ2n) is 9.94. The molecule has 4 aromatic rings. The minimum atomic E-state index is 0.0400. The molecule has 7 heteroatoms. The Balaban J connectivity index is 1.19. The molecule has 0 saturated carbocycles. The number of aromatic nitrogens is 3. The van der Waals surface area contributed by atoms with Gasteiger partial charge < -0.3 is 10.2 Å². The van der Waals surface area contributed by atoms with E-state index in [2.05, 4.69) is 87.9 Å². The van der Waals surface area contributed by atoms with Gasteiger partial charge in [-0.05, 0) is 36.6 Å². The maximum atomic E-state index is 13.7. The largest absolute Gasteiger partial charge is 0.361 e. The molecule has 0 spiro atoms. The molecule has 1 saturated heterocycles. The summed E-state index contributed by atoms with van der Waals surface area (Å²) in [5, 5.41) is 8.14. The summed E-state index contributed by atoms with van der Waals surface area (Å²) in [7, 11) is 0. The van der Waals surface area contributed by atoms with E-state index in [9.17, 15) is 4.79 Å². The number of hydrogen-bond acceptors (Lipinski definition) is 5. The van der Waals surface area contributed by atoms with Crippen LogP contribution in [0.15, 0.2) is 91.3 Å². The van der Waals surface area contributed by atoms with E-state index in [1.54, 1.807) is 6.20 Å². The zero-order chi connectivity index (χ0) is 25.2. The molecule has 2 unspecified atom stereocenters. The van der Waals surface area contributed by atoms with Crippen LogP contribution in [0.3, 0.4) is 0 Å². The first-order valence-electron chi connectivity index (χ1n) is 13.1. The summed E-state index contributed by atoms with van der Waals surface area (Å²) in [5.74, 6) is 0.839. The summed E-state index contributed by atoms with van der Waals surface area (Å²) in [6.07, 6.45) is 4.42. The summed E-state index contributed by atoms with van der Waals surface area (Å²) in [6, 6.07) is 27.7. The lowest BCUT2D eigenvalue weighted by Gasteiger charge is -2.40. The van der Waals surface area contributed by atoms with Gasteiger partial charge in [0.25, 0.3) is 5.91 Å². The van der Waals surface area contributed by atoms with E-state index in [0.717, 1.165) is 31.0 Å². The molecule has 188 valence electrons. The Bertz CT molecular complexity index is 1290. The molecule has 7 nitrogen and oxygen atoms in total. The number of nitrogens with zero attached hydrogens (tertiary/aromatic N) is 5. The Morgan fingerprint density at radius 3 is 2.16 bits per heavy atom. The summed E-state index contributed by atoms with van der Waals surface area (Å²) in [5.41, 5.74) is 4.18. The van der Waals surface area contributed by atoms with Crippen molar-refractivity contribution in [3.8, 4) is 0 Å². The van der Waals surface area contributed by atoms with Crippen molar-refractivity contribution in [2.24, 2.45) is 0 Å². The third-order valence-corrected chi connectivity index (χ3v) is 7.57. The van der Waals surface area contributed by atoms with Crippen LogP contribution in [0, 0.1) is 0 Å². The predicted molar refractivity (Wildman–Crippen MR) is 144 cm³/mol. The molecule has 0 aliphatic carbocycles. The number of hydrogen-bond donors (Lipinski definition) is 1. The normalized spacial score (nSPS) is 19.9. The van der Waals surface area contributed by atoms with Gasteiger partial charge in [-0.25, -0.2) is 4.68 Å². The highest BCUT2D eigenvalue weighted by atomic mass is 16.2. The molecule has 0 radical (unpaired) electrons. The molecule has 2 atom stereocenters. The molecule has 1 fully saturated rings. The van der Waals surface area contributed by atoms with Crippen molar-refractivity contribution in [3.63, 3.8) is 0 Å². The van der Waals surface area contributed by atoms with Gasteiger partial charge in [-0.3, -0.25) is 14.7 Å². The maximum Gasteiger partial charge on any atom is 0.259 e. The van der Waals surface area contributed by atoms with Crippen LogP contribution < -0.4 is 5.32 Å². The number of piperazine rings is 1. The Morgan fingerprint density at radius 2 is 1.54 bits per heavy atom. The maximum absolute atomic E-state index is 13.7. The van der Waals surface area contributed by atoms with E-state index in [4.69, 9.17) is 0 Å². The average Bonchev–Trinajstić information content (AvgIpc) is 3.40. The minimum Gasteiger partial charge on any atom is -0.361 e. The summed E-state index contributed by atoms with van der Waals surface area (Å²) < 4.78 is 1.95. The van der Waals surface area contributed by atoms with Crippen LogP contribution in [0.1, 0.15) is 58.6 Å². The number of pyridine rings is 1. The second-order valence-corrected chi connectivity index (χ2v) is 9.94. The van der Waals surface area contributed by atoms with Crippen molar-refractivity contribution in [2.45, 2.75) is 31.5 Å². The third kappa shape index (κ3) is 4.62. The average molecular weight is 493 g/mol. The molecule has 0 bridgehead atoms. The van der Waals surface area contributed by atoms with Gasteiger partial charge in [0.05, 0.1) is 30.0 Å². The topological polar surface area (TPSA) is 66.3 Å². The number of carbonyl (C=O) groups excluding carboxylic acids is 1. The van der Waals surface area contributed by atoms with Gasteiger partial charge in [0, 0.05) is 32.4 Å².